The molecule has 2 amide bonds. The highest BCUT2D eigenvalue weighted by atomic mass is 32.1. The van der Waals surface area contributed by atoms with Crippen LogP contribution in [0.4, 0.5) is 15.8 Å². The molecule has 0 aromatic heterocycles. The summed E-state index contributed by atoms with van der Waals surface area (Å²) in [6, 6.07) is 18.5. The van der Waals surface area contributed by atoms with Crippen LogP contribution in [0, 0.1) is 5.82 Å². The minimum Gasteiger partial charge on any atom is -0.493 e. The van der Waals surface area contributed by atoms with E-state index in [0.717, 1.165) is 11.4 Å². The number of benzene rings is 3. The average molecular weight is 523 g/mol. The average Bonchev–Trinajstić information content (AvgIpc) is 2.93. The van der Waals surface area contributed by atoms with Gasteiger partial charge in [-0.05, 0) is 66.8 Å². The molecule has 0 saturated carbocycles. The molecule has 0 spiro atoms. The summed E-state index contributed by atoms with van der Waals surface area (Å²) in [4.78, 5) is 29.0. The Labute approximate surface area is 220 Å². The van der Waals surface area contributed by atoms with Crippen molar-refractivity contribution in [1.29, 1.82) is 0 Å². The Morgan fingerprint density at radius 2 is 1.57 bits per heavy atom. The number of anilines is 2. The summed E-state index contributed by atoms with van der Waals surface area (Å²) in [5.41, 5.74) is 2.18. The van der Waals surface area contributed by atoms with Crippen LogP contribution in [0.2, 0.25) is 0 Å². The monoisotopic (exact) mass is 522 g/mol. The van der Waals surface area contributed by atoms with E-state index in [-0.39, 0.29) is 22.5 Å². The number of nitrogens with zero attached hydrogens (tertiary/aromatic N) is 2. The Morgan fingerprint density at radius 3 is 2.22 bits per heavy atom. The first-order valence-corrected chi connectivity index (χ1v) is 12.0. The van der Waals surface area contributed by atoms with Crippen molar-refractivity contribution in [3.05, 3.63) is 83.7 Å². The van der Waals surface area contributed by atoms with Gasteiger partial charge >= 0.3 is 0 Å². The van der Waals surface area contributed by atoms with Gasteiger partial charge in [0.1, 0.15) is 5.82 Å². The second-order valence-corrected chi connectivity index (χ2v) is 8.69. The SMILES string of the molecule is COc1ccc(C(=O)NC(=S)Nc2ccc(N3CCN(C(=O)c4ccccc4F)CC3)cc2)cc1OC. The first-order valence-electron chi connectivity index (χ1n) is 11.6. The fourth-order valence-corrected chi connectivity index (χ4v) is 4.25. The Kier molecular flexibility index (Phi) is 8.19. The van der Waals surface area contributed by atoms with Gasteiger partial charge in [0.05, 0.1) is 19.8 Å². The molecule has 192 valence electrons. The first kappa shape index (κ1) is 25.9. The van der Waals surface area contributed by atoms with Crippen molar-refractivity contribution < 1.29 is 23.5 Å². The largest absolute Gasteiger partial charge is 0.493 e. The van der Waals surface area contributed by atoms with Crippen molar-refractivity contribution in [3.8, 4) is 11.5 Å². The van der Waals surface area contributed by atoms with E-state index >= 15 is 0 Å². The number of ether oxygens (including phenoxy) is 2. The van der Waals surface area contributed by atoms with E-state index < -0.39 is 5.82 Å². The predicted octanol–water partition coefficient (Wildman–Crippen LogP) is 3.93. The quantitative estimate of drug-likeness (QED) is 0.475. The van der Waals surface area contributed by atoms with E-state index in [2.05, 4.69) is 15.5 Å². The molecule has 0 radical (unpaired) electrons. The summed E-state index contributed by atoms with van der Waals surface area (Å²) in [5.74, 6) is -0.199. The van der Waals surface area contributed by atoms with E-state index in [1.807, 2.05) is 24.3 Å². The van der Waals surface area contributed by atoms with Gasteiger partial charge in [-0.2, -0.15) is 0 Å². The van der Waals surface area contributed by atoms with E-state index in [4.69, 9.17) is 21.7 Å². The van der Waals surface area contributed by atoms with Crippen molar-refractivity contribution in [2.45, 2.75) is 0 Å². The summed E-state index contributed by atoms with van der Waals surface area (Å²) in [6.45, 7) is 2.26. The number of thiocarbonyl (C=S) groups is 1. The molecule has 1 aliphatic heterocycles. The summed E-state index contributed by atoms with van der Waals surface area (Å²) in [6.07, 6.45) is 0. The number of rotatable bonds is 6. The molecular weight excluding hydrogens is 495 g/mol. The number of carbonyl (C=O) groups is 2. The molecule has 1 fully saturated rings. The highest BCUT2D eigenvalue weighted by molar-refractivity contribution is 7.80. The van der Waals surface area contributed by atoms with Gasteiger partial charge in [-0.3, -0.25) is 14.9 Å². The number of halogens is 1. The van der Waals surface area contributed by atoms with Crippen LogP contribution >= 0.6 is 12.2 Å². The number of nitrogens with one attached hydrogen (secondary N) is 2. The van der Waals surface area contributed by atoms with Crippen molar-refractivity contribution in [3.63, 3.8) is 0 Å². The van der Waals surface area contributed by atoms with Gasteiger partial charge in [-0.1, -0.05) is 12.1 Å². The van der Waals surface area contributed by atoms with Crippen LogP contribution in [0.3, 0.4) is 0 Å². The third-order valence-electron chi connectivity index (χ3n) is 6.03. The smallest absolute Gasteiger partial charge is 0.257 e. The molecule has 1 saturated heterocycles. The first-order chi connectivity index (χ1) is 17.9. The van der Waals surface area contributed by atoms with E-state index in [1.165, 1.54) is 26.4 Å². The third kappa shape index (κ3) is 6.15. The number of hydrogen-bond donors (Lipinski definition) is 2. The molecule has 8 nitrogen and oxygen atoms in total. The van der Waals surface area contributed by atoms with Crippen molar-refractivity contribution in [1.82, 2.24) is 10.2 Å². The van der Waals surface area contributed by atoms with Crippen molar-refractivity contribution in [2.75, 3.05) is 50.6 Å². The Balaban J connectivity index is 1.29. The van der Waals surface area contributed by atoms with Gasteiger partial charge in [0.2, 0.25) is 0 Å². The van der Waals surface area contributed by atoms with Gasteiger partial charge in [-0.25, -0.2) is 4.39 Å². The Hall–Kier alpha value is -4.18. The third-order valence-corrected chi connectivity index (χ3v) is 6.24. The number of carbonyl (C=O) groups excluding carboxylic acids is 2. The predicted molar refractivity (Wildman–Crippen MR) is 144 cm³/mol. The molecule has 4 rings (SSSR count). The lowest BCUT2D eigenvalue weighted by atomic mass is 10.1. The molecule has 3 aromatic rings. The fourth-order valence-electron chi connectivity index (χ4n) is 4.04. The van der Waals surface area contributed by atoms with Gasteiger partial charge in [0.15, 0.2) is 16.6 Å². The second-order valence-electron chi connectivity index (χ2n) is 8.28. The minimum absolute atomic E-state index is 0.0977. The second kappa shape index (κ2) is 11.7. The lowest BCUT2D eigenvalue weighted by Gasteiger charge is -2.36. The maximum Gasteiger partial charge on any atom is 0.257 e. The summed E-state index contributed by atoms with van der Waals surface area (Å²) >= 11 is 5.29. The van der Waals surface area contributed by atoms with Crippen LogP contribution < -0.4 is 25.0 Å². The van der Waals surface area contributed by atoms with E-state index in [0.29, 0.717) is 43.2 Å². The molecular formula is C27H27FN4O4S. The molecule has 1 aliphatic rings. The Morgan fingerprint density at radius 1 is 0.892 bits per heavy atom. The topological polar surface area (TPSA) is 83.1 Å². The van der Waals surface area contributed by atoms with E-state index in [1.54, 1.807) is 35.2 Å². The molecule has 0 atom stereocenters. The van der Waals surface area contributed by atoms with Crippen LogP contribution in [0.1, 0.15) is 20.7 Å². The normalized spacial score (nSPS) is 13.1. The molecule has 0 unspecified atom stereocenters. The fraction of sp³-hybridized carbons (Fsp3) is 0.222. The van der Waals surface area contributed by atoms with Crippen LogP contribution in [-0.2, 0) is 0 Å². The number of piperazine rings is 1. The summed E-state index contributed by atoms with van der Waals surface area (Å²) in [5, 5.41) is 5.82. The molecule has 2 N–H and O–H groups in total. The number of amides is 2. The van der Waals surface area contributed by atoms with Crippen LogP contribution in [0.5, 0.6) is 11.5 Å². The molecule has 0 aliphatic carbocycles. The summed E-state index contributed by atoms with van der Waals surface area (Å²) < 4.78 is 24.4. The van der Waals surface area contributed by atoms with Gasteiger partial charge in [0.25, 0.3) is 11.8 Å². The lowest BCUT2D eigenvalue weighted by molar-refractivity contribution is 0.0742. The molecule has 10 heteroatoms. The maximum atomic E-state index is 14.0. The lowest BCUT2D eigenvalue weighted by Crippen LogP contribution is -2.49. The number of hydrogen-bond acceptors (Lipinski definition) is 6. The Bertz CT molecular complexity index is 1290. The highest BCUT2D eigenvalue weighted by Gasteiger charge is 2.24. The van der Waals surface area contributed by atoms with Gasteiger partial charge in [0, 0.05) is 43.1 Å². The van der Waals surface area contributed by atoms with Crippen LogP contribution in [0.25, 0.3) is 0 Å². The van der Waals surface area contributed by atoms with Crippen LogP contribution in [-0.4, -0.2) is 62.2 Å². The molecule has 0 bridgehead atoms. The maximum absolute atomic E-state index is 14.0. The molecule has 1 heterocycles. The zero-order valence-corrected chi connectivity index (χ0v) is 21.3. The van der Waals surface area contributed by atoms with Gasteiger partial charge in [-0.15, -0.1) is 0 Å². The van der Waals surface area contributed by atoms with Gasteiger partial charge < -0.3 is 24.6 Å². The van der Waals surface area contributed by atoms with Crippen molar-refractivity contribution >= 4 is 40.5 Å². The highest BCUT2D eigenvalue weighted by Crippen LogP contribution is 2.27. The number of methoxy groups -OCH3 is 2. The standard InChI is InChI=1S/C27H27FN4O4S/c1-35-23-12-7-18(17-24(23)36-2)25(33)30-27(37)29-19-8-10-20(11-9-19)31-13-15-32(16-14-31)26(34)21-5-3-4-6-22(21)28/h3-12,17H,13-16H2,1-2H3,(H2,29,30,33,37). The zero-order valence-electron chi connectivity index (χ0n) is 20.5. The van der Waals surface area contributed by atoms with E-state index in [9.17, 15) is 14.0 Å². The molecule has 3 aromatic carbocycles. The van der Waals surface area contributed by atoms with Crippen LogP contribution in [0.15, 0.2) is 66.7 Å². The zero-order chi connectivity index (χ0) is 26.4. The molecule has 37 heavy (non-hydrogen) atoms. The minimum atomic E-state index is -0.504. The summed E-state index contributed by atoms with van der Waals surface area (Å²) in [7, 11) is 3.03. The van der Waals surface area contributed by atoms with Crippen molar-refractivity contribution in [2.24, 2.45) is 0 Å².